The van der Waals surface area contributed by atoms with Crippen LogP contribution in [0.5, 0.6) is 0 Å². The van der Waals surface area contributed by atoms with Gasteiger partial charge in [0.25, 0.3) is 0 Å². The SMILES string of the molecule is Cn1c(-c2ccc(Cl)c(Cl)c2)cc(=S)n(C)c1=O. The Morgan fingerprint density at radius 1 is 1.06 bits per heavy atom. The van der Waals surface area contributed by atoms with E-state index >= 15 is 0 Å². The van der Waals surface area contributed by atoms with E-state index in [1.807, 2.05) is 0 Å². The zero-order valence-electron chi connectivity index (χ0n) is 9.78. The van der Waals surface area contributed by atoms with Crippen LogP contribution in [0.25, 0.3) is 11.3 Å². The fourth-order valence-electron chi connectivity index (χ4n) is 1.67. The molecule has 0 spiro atoms. The van der Waals surface area contributed by atoms with Crippen LogP contribution in [0.3, 0.4) is 0 Å². The molecule has 0 radical (unpaired) electrons. The van der Waals surface area contributed by atoms with Gasteiger partial charge in [-0.2, -0.15) is 0 Å². The van der Waals surface area contributed by atoms with Crippen molar-refractivity contribution in [1.82, 2.24) is 9.13 Å². The Labute approximate surface area is 119 Å². The van der Waals surface area contributed by atoms with Crippen LogP contribution in [-0.2, 0) is 14.1 Å². The monoisotopic (exact) mass is 300 g/mol. The molecular weight excluding hydrogens is 291 g/mol. The Kier molecular flexibility index (Phi) is 3.61. The third-order valence-electron chi connectivity index (χ3n) is 2.74. The van der Waals surface area contributed by atoms with Gasteiger partial charge in [-0.1, -0.05) is 41.5 Å². The van der Waals surface area contributed by atoms with Crippen LogP contribution in [0.1, 0.15) is 0 Å². The molecule has 0 bridgehead atoms. The van der Waals surface area contributed by atoms with E-state index in [-0.39, 0.29) is 5.69 Å². The van der Waals surface area contributed by atoms with E-state index in [9.17, 15) is 4.79 Å². The molecule has 2 aromatic rings. The van der Waals surface area contributed by atoms with E-state index in [0.717, 1.165) is 5.56 Å². The molecule has 0 saturated heterocycles. The summed E-state index contributed by atoms with van der Waals surface area (Å²) >= 11 is 17.0. The highest BCUT2D eigenvalue weighted by Gasteiger charge is 2.08. The molecule has 1 aromatic heterocycles. The summed E-state index contributed by atoms with van der Waals surface area (Å²) in [6.07, 6.45) is 0. The lowest BCUT2D eigenvalue weighted by atomic mass is 10.1. The molecule has 18 heavy (non-hydrogen) atoms. The van der Waals surface area contributed by atoms with Gasteiger partial charge < -0.3 is 0 Å². The molecule has 0 saturated carbocycles. The third kappa shape index (κ3) is 2.23. The highest BCUT2D eigenvalue weighted by molar-refractivity contribution is 7.71. The standard InChI is InChI=1S/C12H10Cl2N2OS/c1-15-10(6-11(18)16(2)12(15)17)7-3-4-8(13)9(14)5-7/h3-6H,1-2H3. The van der Waals surface area contributed by atoms with Crippen LogP contribution in [-0.4, -0.2) is 9.13 Å². The summed E-state index contributed by atoms with van der Waals surface area (Å²) < 4.78 is 3.41. The largest absolute Gasteiger partial charge is 0.329 e. The summed E-state index contributed by atoms with van der Waals surface area (Å²) in [6, 6.07) is 6.97. The zero-order chi connectivity index (χ0) is 13.4. The fraction of sp³-hybridized carbons (Fsp3) is 0.167. The van der Waals surface area contributed by atoms with Gasteiger partial charge >= 0.3 is 5.69 Å². The topological polar surface area (TPSA) is 26.9 Å². The highest BCUT2D eigenvalue weighted by Crippen LogP contribution is 2.27. The van der Waals surface area contributed by atoms with E-state index < -0.39 is 0 Å². The average Bonchev–Trinajstić information content (AvgIpc) is 2.35. The maximum absolute atomic E-state index is 11.9. The molecule has 0 aliphatic heterocycles. The van der Waals surface area contributed by atoms with Crippen molar-refractivity contribution in [3.05, 3.63) is 49.4 Å². The first kappa shape index (κ1) is 13.3. The summed E-state index contributed by atoms with van der Waals surface area (Å²) in [6.45, 7) is 0. The van der Waals surface area contributed by atoms with E-state index in [1.54, 1.807) is 38.4 Å². The van der Waals surface area contributed by atoms with Crippen molar-refractivity contribution in [2.45, 2.75) is 0 Å². The average molecular weight is 301 g/mol. The van der Waals surface area contributed by atoms with Gasteiger partial charge in [-0.25, -0.2) is 4.79 Å². The first-order valence-corrected chi connectivity index (χ1v) is 6.30. The summed E-state index contributed by atoms with van der Waals surface area (Å²) in [5, 5.41) is 0.922. The van der Waals surface area contributed by atoms with Gasteiger partial charge in [0, 0.05) is 14.1 Å². The van der Waals surface area contributed by atoms with Crippen molar-refractivity contribution in [3.63, 3.8) is 0 Å². The molecule has 0 atom stereocenters. The van der Waals surface area contributed by atoms with Gasteiger partial charge in [-0.3, -0.25) is 9.13 Å². The first-order valence-electron chi connectivity index (χ1n) is 5.14. The predicted molar refractivity (Wildman–Crippen MR) is 76.9 cm³/mol. The maximum Gasteiger partial charge on any atom is 0.329 e. The normalized spacial score (nSPS) is 10.7. The molecule has 1 heterocycles. The van der Waals surface area contributed by atoms with Gasteiger partial charge in [0.1, 0.15) is 4.64 Å². The van der Waals surface area contributed by atoms with Crippen molar-refractivity contribution in [1.29, 1.82) is 0 Å². The van der Waals surface area contributed by atoms with E-state index in [1.165, 1.54) is 9.13 Å². The first-order chi connectivity index (χ1) is 8.41. The van der Waals surface area contributed by atoms with Gasteiger partial charge in [0.15, 0.2) is 0 Å². The minimum absolute atomic E-state index is 0.177. The summed E-state index contributed by atoms with van der Waals surface area (Å²) in [5.41, 5.74) is 1.33. The minimum atomic E-state index is -0.177. The number of benzene rings is 1. The summed E-state index contributed by atoms with van der Waals surface area (Å²) in [7, 11) is 3.33. The van der Waals surface area contributed by atoms with Crippen molar-refractivity contribution >= 4 is 35.4 Å². The Bertz CT molecular complexity index is 734. The van der Waals surface area contributed by atoms with Crippen LogP contribution in [0.15, 0.2) is 29.1 Å². The molecule has 0 aliphatic carbocycles. The lowest BCUT2D eigenvalue weighted by Crippen LogP contribution is -2.28. The van der Waals surface area contributed by atoms with E-state index in [2.05, 4.69) is 0 Å². The second-order valence-corrected chi connectivity index (χ2v) is 5.13. The lowest BCUT2D eigenvalue weighted by molar-refractivity contribution is 0.705. The van der Waals surface area contributed by atoms with Crippen molar-refractivity contribution in [2.24, 2.45) is 14.1 Å². The molecule has 1 aromatic carbocycles. The summed E-state index contributed by atoms with van der Waals surface area (Å²) in [5.74, 6) is 0. The number of nitrogens with zero attached hydrogens (tertiary/aromatic N) is 2. The van der Waals surface area contributed by atoms with Crippen molar-refractivity contribution < 1.29 is 0 Å². The quantitative estimate of drug-likeness (QED) is 0.755. The van der Waals surface area contributed by atoms with Gasteiger partial charge in [0.2, 0.25) is 0 Å². The molecule has 94 valence electrons. The molecule has 0 fully saturated rings. The molecule has 6 heteroatoms. The van der Waals surface area contributed by atoms with E-state index in [0.29, 0.717) is 20.4 Å². The number of hydrogen-bond donors (Lipinski definition) is 0. The van der Waals surface area contributed by atoms with Gasteiger partial charge in [-0.05, 0) is 23.8 Å². The van der Waals surface area contributed by atoms with Crippen LogP contribution in [0.4, 0.5) is 0 Å². The molecule has 0 aliphatic rings. The molecular formula is C12H10Cl2N2OS. The second kappa shape index (κ2) is 4.88. The van der Waals surface area contributed by atoms with E-state index in [4.69, 9.17) is 35.4 Å². The number of hydrogen-bond acceptors (Lipinski definition) is 2. The Hall–Kier alpha value is -1.10. The zero-order valence-corrected chi connectivity index (χ0v) is 12.1. The fourth-order valence-corrected chi connectivity index (χ4v) is 2.15. The second-order valence-electron chi connectivity index (χ2n) is 3.90. The maximum atomic E-state index is 11.9. The molecule has 2 rings (SSSR count). The van der Waals surface area contributed by atoms with Crippen LogP contribution < -0.4 is 5.69 Å². The van der Waals surface area contributed by atoms with Crippen molar-refractivity contribution in [3.8, 4) is 11.3 Å². The van der Waals surface area contributed by atoms with Gasteiger partial charge in [0.05, 0.1) is 15.7 Å². The van der Waals surface area contributed by atoms with Crippen LogP contribution in [0.2, 0.25) is 10.0 Å². The molecule has 0 N–H and O–H groups in total. The van der Waals surface area contributed by atoms with Crippen molar-refractivity contribution in [2.75, 3.05) is 0 Å². The predicted octanol–water partition coefficient (Wildman–Crippen LogP) is 3.43. The van der Waals surface area contributed by atoms with Crippen LogP contribution >= 0.6 is 35.4 Å². The third-order valence-corrected chi connectivity index (χ3v) is 3.87. The molecule has 0 amide bonds. The summed E-state index contributed by atoms with van der Waals surface area (Å²) in [4.78, 5) is 11.9. The Morgan fingerprint density at radius 3 is 2.33 bits per heavy atom. The number of rotatable bonds is 1. The molecule has 0 unspecified atom stereocenters. The number of aromatic nitrogens is 2. The highest BCUT2D eigenvalue weighted by atomic mass is 35.5. The lowest BCUT2D eigenvalue weighted by Gasteiger charge is -2.11. The smallest absolute Gasteiger partial charge is 0.296 e. The van der Waals surface area contributed by atoms with Crippen LogP contribution in [0, 0.1) is 4.64 Å². The Morgan fingerprint density at radius 2 is 1.72 bits per heavy atom. The minimum Gasteiger partial charge on any atom is -0.296 e. The van der Waals surface area contributed by atoms with Gasteiger partial charge in [-0.15, -0.1) is 0 Å². The number of halogens is 2. The molecule has 3 nitrogen and oxygen atoms in total. The Balaban J connectivity index is 2.76.